The fourth-order valence-corrected chi connectivity index (χ4v) is 2.15. The van der Waals surface area contributed by atoms with Crippen molar-refractivity contribution in [1.82, 2.24) is 9.78 Å². The Kier molecular flexibility index (Phi) is 4.08. The van der Waals surface area contributed by atoms with Crippen LogP contribution in [0.25, 0.3) is 0 Å². The molecule has 0 radical (unpaired) electrons. The highest BCUT2D eigenvalue weighted by Crippen LogP contribution is 2.35. The minimum Gasteiger partial charge on any atom is -0.377 e. The average molecular weight is 348 g/mol. The second-order valence-electron chi connectivity index (χ2n) is 4.51. The van der Waals surface area contributed by atoms with Crippen LogP contribution in [0.3, 0.4) is 0 Å². The van der Waals surface area contributed by atoms with Gasteiger partial charge >= 0.3 is 6.18 Å². The third-order valence-corrected chi connectivity index (χ3v) is 3.58. The number of nitrogens with one attached hydrogen (secondary N) is 1. The Labute approximate surface area is 122 Å². The van der Waals surface area contributed by atoms with Crippen molar-refractivity contribution in [2.24, 2.45) is 7.05 Å². The van der Waals surface area contributed by atoms with Gasteiger partial charge in [-0.15, -0.1) is 0 Å². The van der Waals surface area contributed by atoms with E-state index >= 15 is 0 Å². The standard InChI is InChI=1S/C13H13BrF3N3/c1-8(9-6-18-20(2)7-9)19-12-5-10(13(15,16)17)3-4-11(12)14/h3-8,19H,1-2H3. The maximum atomic E-state index is 12.7. The molecule has 0 saturated heterocycles. The van der Waals surface area contributed by atoms with Crippen LogP contribution < -0.4 is 5.32 Å². The molecule has 7 heteroatoms. The van der Waals surface area contributed by atoms with E-state index in [1.165, 1.54) is 6.07 Å². The second kappa shape index (κ2) is 5.47. The zero-order chi connectivity index (χ0) is 14.9. The van der Waals surface area contributed by atoms with Gasteiger partial charge < -0.3 is 5.32 Å². The lowest BCUT2D eigenvalue weighted by atomic mass is 10.1. The molecule has 0 spiro atoms. The molecule has 1 heterocycles. The zero-order valence-electron chi connectivity index (χ0n) is 10.9. The van der Waals surface area contributed by atoms with Gasteiger partial charge in [0.15, 0.2) is 0 Å². The number of hydrogen-bond acceptors (Lipinski definition) is 2. The first kappa shape index (κ1) is 14.9. The van der Waals surface area contributed by atoms with Crippen LogP contribution in [0.2, 0.25) is 0 Å². The summed E-state index contributed by atoms with van der Waals surface area (Å²) in [7, 11) is 1.79. The Balaban J connectivity index is 2.24. The number of hydrogen-bond donors (Lipinski definition) is 1. The monoisotopic (exact) mass is 347 g/mol. The average Bonchev–Trinajstić information content (AvgIpc) is 2.77. The second-order valence-corrected chi connectivity index (χ2v) is 5.36. The lowest BCUT2D eigenvalue weighted by Crippen LogP contribution is -2.09. The number of nitrogens with zero attached hydrogens (tertiary/aromatic N) is 2. The van der Waals surface area contributed by atoms with E-state index in [9.17, 15) is 13.2 Å². The number of aromatic nitrogens is 2. The van der Waals surface area contributed by atoms with E-state index in [-0.39, 0.29) is 6.04 Å². The van der Waals surface area contributed by atoms with Gasteiger partial charge in [-0.1, -0.05) is 0 Å². The molecule has 3 nitrogen and oxygen atoms in total. The van der Waals surface area contributed by atoms with E-state index in [0.717, 1.165) is 17.7 Å². The summed E-state index contributed by atoms with van der Waals surface area (Å²) in [5.41, 5.74) is 0.620. The molecule has 0 aliphatic carbocycles. The lowest BCUT2D eigenvalue weighted by Gasteiger charge is -2.17. The molecule has 1 unspecified atom stereocenters. The van der Waals surface area contributed by atoms with Crippen LogP contribution in [-0.2, 0) is 13.2 Å². The Hall–Kier alpha value is -1.50. The normalized spacial score (nSPS) is 13.3. The SMILES string of the molecule is CC(Nc1cc(C(F)(F)F)ccc1Br)c1cnn(C)c1. The molecule has 0 amide bonds. The molecule has 2 aromatic rings. The Morgan fingerprint density at radius 3 is 2.60 bits per heavy atom. The van der Waals surface area contributed by atoms with Crippen LogP contribution >= 0.6 is 15.9 Å². The molecule has 0 fully saturated rings. The molecule has 1 atom stereocenters. The first-order valence-corrected chi connectivity index (χ1v) is 6.68. The number of aryl methyl sites for hydroxylation is 1. The van der Waals surface area contributed by atoms with Gasteiger partial charge in [0, 0.05) is 29.0 Å². The summed E-state index contributed by atoms with van der Waals surface area (Å²) in [6, 6.07) is 3.38. The van der Waals surface area contributed by atoms with Crippen LogP contribution in [0, 0.1) is 0 Å². The van der Waals surface area contributed by atoms with Gasteiger partial charge in [-0.3, -0.25) is 4.68 Å². The van der Waals surface area contributed by atoms with Gasteiger partial charge in [-0.05, 0) is 41.1 Å². The summed E-state index contributed by atoms with van der Waals surface area (Å²) in [5.74, 6) is 0. The first-order chi connectivity index (χ1) is 9.27. The number of halogens is 4. The smallest absolute Gasteiger partial charge is 0.377 e. The van der Waals surface area contributed by atoms with Crippen LogP contribution in [0.4, 0.5) is 18.9 Å². The fraction of sp³-hybridized carbons (Fsp3) is 0.308. The predicted octanol–water partition coefficient (Wildman–Crippen LogP) is 4.37. The summed E-state index contributed by atoms with van der Waals surface area (Å²) >= 11 is 3.25. The van der Waals surface area contributed by atoms with E-state index < -0.39 is 11.7 Å². The van der Waals surface area contributed by atoms with Gasteiger partial charge in [0.25, 0.3) is 0 Å². The van der Waals surface area contributed by atoms with Gasteiger partial charge in [-0.2, -0.15) is 18.3 Å². The number of anilines is 1. The zero-order valence-corrected chi connectivity index (χ0v) is 12.5. The maximum absolute atomic E-state index is 12.7. The van der Waals surface area contributed by atoms with Crippen molar-refractivity contribution in [3.63, 3.8) is 0 Å². The lowest BCUT2D eigenvalue weighted by molar-refractivity contribution is -0.137. The number of alkyl halides is 3. The molecule has 2 rings (SSSR count). The third kappa shape index (κ3) is 3.33. The van der Waals surface area contributed by atoms with Gasteiger partial charge in [0.1, 0.15) is 0 Å². The third-order valence-electron chi connectivity index (χ3n) is 2.89. The van der Waals surface area contributed by atoms with E-state index in [4.69, 9.17) is 0 Å². The van der Waals surface area contributed by atoms with Crippen molar-refractivity contribution in [2.45, 2.75) is 19.1 Å². The van der Waals surface area contributed by atoms with Crippen molar-refractivity contribution in [3.8, 4) is 0 Å². The summed E-state index contributed by atoms with van der Waals surface area (Å²) in [6.07, 6.45) is -0.854. The molecule has 1 N–H and O–H groups in total. The fourth-order valence-electron chi connectivity index (χ4n) is 1.79. The van der Waals surface area contributed by atoms with Crippen LogP contribution in [0.5, 0.6) is 0 Å². The van der Waals surface area contributed by atoms with Gasteiger partial charge in [0.2, 0.25) is 0 Å². The molecule has 1 aromatic carbocycles. The van der Waals surface area contributed by atoms with Crippen molar-refractivity contribution in [1.29, 1.82) is 0 Å². The number of benzene rings is 1. The van der Waals surface area contributed by atoms with Crippen LogP contribution in [-0.4, -0.2) is 9.78 Å². The minimum absolute atomic E-state index is 0.150. The largest absolute Gasteiger partial charge is 0.416 e. The highest BCUT2D eigenvalue weighted by molar-refractivity contribution is 9.10. The Morgan fingerprint density at radius 1 is 1.35 bits per heavy atom. The molecule has 0 saturated carbocycles. The van der Waals surface area contributed by atoms with Crippen LogP contribution in [0.1, 0.15) is 24.1 Å². The van der Waals surface area contributed by atoms with Crippen molar-refractivity contribution >= 4 is 21.6 Å². The molecule has 1 aromatic heterocycles. The Morgan fingerprint density at radius 2 is 2.05 bits per heavy atom. The van der Waals surface area contributed by atoms with E-state index in [2.05, 4.69) is 26.3 Å². The summed E-state index contributed by atoms with van der Waals surface area (Å²) < 4.78 is 40.4. The van der Waals surface area contributed by atoms with E-state index in [1.54, 1.807) is 17.9 Å². The van der Waals surface area contributed by atoms with E-state index in [0.29, 0.717) is 10.2 Å². The minimum atomic E-state index is -4.35. The van der Waals surface area contributed by atoms with Crippen LogP contribution in [0.15, 0.2) is 35.1 Å². The quantitative estimate of drug-likeness (QED) is 0.893. The molecular formula is C13H13BrF3N3. The van der Waals surface area contributed by atoms with Crippen molar-refractivity contribution in [2.75, 3.05) is 5.32 Å². The van der Waals surface area contributed by atoms with Crippen molar-refractivity contribution < 1.29 is 13.2 Å². The molecule has 0 aliphatic rings. The molecular weight excluding hydrogens is 335 g/mol. The first-order valence-electron chi connectivity index (χ1n) is 5.89. The Bertz CT molecular complexity index is 607. The molecule has 20 heavy (non-hydrogen) atoms. The highest BCUT2D eigenvalue weighted by Gasteiger charge is 2.31. The topological polar surface area (TPSA) is 29.9 Å². The highest BCUT2D eigenvalue weighted by atomic mass is 79.9. The van der Waals surface area contributed by atoms with Gasteiger partial charge in [0.05, 0.1) is 17.8 Å². The summed E-state index contributed by atoms with van der Waals surface area (Å²) in [6.45, 7) is 1.86. The summed E-state index contributed by atoms with van der Waals surface area (Å²) in [5, 5.41) is 7.10. The molecule has 0 aliphatic heterocycles. The predicted molar refractivity (Wildman–Crippen MR) is 74.4 cm³/mol. The van der Waals surface area contributed by atoms with Crippen molar-refractivity contribution in [3.05, 3.63) is 46.2 Å². The number of rotatable bonds is 3. The molecule has 108 valence electrons. The van der Waals surface area contributed by atoms with Gasteiger partial charge in [-0.25, -0.2) is 0 Å². The van der Waals surface area contributed by atoms with E-state index in [1.807, 2.05) is 13.1 Å². The summed E-state index contributed by atoms with van der Waals surface area (Å²) in [4.78, 5) is 0. The maximum Gasteiger partial charge on any atom is 0.416 e. The molecule has 0 bridgehead atoms.